The number of benzene rings is 1. The van der Waals surface area contributed by atoms with Crippen molar-refractivity contribution in [1.29, 1.82) is 0 Å². The van der Waals surface area contributed by atoms with E-state index >= 15 is 0 Å². The Morgan fingerprint density at radius 1 is 1.53 bits per heavy atom. The molecule has 1 atom stereocenters. The maximum Gasteiger partial charge on any atom is 0.0468 e. The largest absolute Gasteiger partial charge is 0.385 e. The predicted octanol–water partition coefficient (Wildman–Crippen LogP) is 2.56. The molecule has 0 radical (unpaired) electrons. The molecule has 3 heteroatoms. The fraction of sp³-hybridized carbons (Fsp3) is 0.500. The molecule has 1 aliphatic heterocycles. The Hall–Kier alpha value is -0.570. The third kappa shape index (κ3) is 2.51. The summed E-state index contributed by atoms with van der Waals surface area (Å²) in [4.78, 5) is 0. The van der Waals surface area contributed by atoms with Gasteiger partial charge in [0.2, 0.25) is 0 Å². The van der Waals surface area contributed by atoms with Crippen molar-refractivity contribution in [2.45, 2.75) is 18.9 Å². The van der Waals surface area contributed by atoms with Gasteiger partial charge in [-0.25, -0.2) is 0 Å². The van der Waals surface area contributed by atoms with Crippen molar-refractivity contribution < 1.29 is 4.74 Å². The Morgan fingerprint density at radius 3 is 3.20 bits per heavy atom. The number of hydrogen-bond donors (Lipinski definition) is 1. The maximum atomic E-state index is 5.98. The topological polar surface area (TPSA) is 21.3 Å². The molecule has 0 aromatic heterocycles. The van der Waals surface area contributed by atoms with Crippen LogP contribution in [0.5, 0.6) is 0 Å². The van der Waals surface area contributed by atoms with Gasteiger partial charge in [-0.2, -0.15) is 0 Å². The highest BCUT2D eigenvalue weighted by atomic mass is 35.5. The molecular weight excluding hydrogens is 210 g/mol. The Bertz CT molecular complexity index is 340. The molecule has 1 unspecified atom stereocenters. The fourth-order valence-corrected chi connectivity index (χ4v) is 2.33. The lowest BCUT2D eigenvalue weighted by atomic mass is 9.89. The first kappa shape index (κ1) is 10.9. The lowest BCUT2D eigenvalue weighted by Crippen LogP contribution is -2.28. The highest BCUT2D eigenvalue weighted by Crippen LogP contribution is 2.28. The van der Waals surface area contributed by atoms with Crippen molar-refractivity contribution in [2.24, 2.45) is 0 Å². The first-order valence-electron chi connectivity index (χ1n) is 5.29. The van der Waals surface area contributed by atoms with Gasteiger partial charge in [-0.3, -0.25) is 0 Å². The molecule has 1 aliphatic rings. The van der Waals surface area contributed by atoms with Gasteiger partial charge in [-0.1, -0.05) is 17.7 Å². The van der Waals surface area contributed by atoms with E-state index in [-0.39, 0.29) is 0 Å². The summed E-state index contributed by atoms with van der Waals surface area (Å²) >= 11 is 5.98. The van der Waals surface area contributed by atoms with Gasteiger partial charge in [0.15, 0.2) is 0 Å². The Labute approximate surface area is 95.6 Å². The zero-order chi connectivity index (χ0) is 10.7. The quantitative estimate of drug-likeness (QED) is 0.854. The monoisotopic (exact) mass is 225 g/mol. The summed E-state index contributed by atoms with van der Waals surface area (Å²) in [7, 11) is 1.75. The second-order valence-electron chi connectivity index (χ2n) is 3.95. The van der Waals surface area contributed by atoms with E-state index in [1.54, 1.807) is 7.11 Å². The Morgan fingerprint density at radius 2 is 2.40 bits per heavy atom. The van der Waals surface area contributed by atoms with E-state index in [1.807, 2.05) is 6.07 Å². The molecule has 0 spiro atoms. The summed E-state index contributed by atoms with van der Waals surface area (Å²) in [5, 5.41) is 4.24. The van der Waals surface area contributed by atoms with Crippen LogP contribution >= 0.6 is 11.6 Å². The number of methoxy groups -OCH3 is 1. The summed E-state index contributed by atoms with van der Waals surface area (Å²) in [6.07, 6.45) is 1.07. The zero-order valence-corrected chi connectivity index (χ0v) is 9.68. The Kier molecular flexibility index (Phi) is 3.62. The van der Waals surface area contributed by atoms with E-state index < -0.39 is 0 Å². The van der Waals surface area contributed by atoms with Crippen molar-refractivity contribution >= 4 is 11.6 Å². The molecule has 1 aromatic rings. The molecule has 0 fully saturated rings. The molecule has 0 saturated carbocycles. The van der Waals surface area contributed by atoms with E-state index in [1.165, 1.54) is 11.1 Å². The van der Waals surface area contributed by atoms with Crippen LogP contribution in [0.4, 0.5) is 0 Å². The molecule has 1 heterocycles. The molecule has 0 saturated heterocycles. The summed E-state index contributed by atoms with van der Waals surface area (Å²) in [6, 6.07) is 6.19. The molecule has 2 rings (SSSR count). The van der Waals surface area contributed by atoms with Crippen LogP contribution in [0.2, 0.25) is 5.02 Å². The average molecular weight is 226 g/mol. The van der Waals surface area contributed by atoms with Crippen molar-refractivity contribution in [3.63, 3.8) is 0 Å². The molecule has 15 heavy (non-hydrogen) atoms. The number of nitrogens with one attached hydrogen (secondary N) is 1. The van der Waals surface area contributed by atoms with Crippen LogP contribution in [0.1, 0.15) is 23.5 Å². The van der Waals surface area contributed by atoms with E-state index in [4.69, 9.17) is 16.3 Å². The van der Waals surface area contributed by atoms with E-state index in [0.29, 0.717) is 5.92 Å². The van der Waals surface area contributed by atoms with Crippen LogP contribution in [0.25, 0.3) is 0 Å². The number of hydrogen-bond acceptors (Lipinski definition) is 2. The summed E-state index contributed by atoms with van der Waals surface area (Å²) in [6.45, 7) is 2.78. The maximum absolute atomic E-state index is 5.98. The molecule has 1 N–H and O–H groups in total. The number of rotatable bonds is 3. The van der Waals surface area contributed by atoms with Gasteiger partial charge in [-0.15, -0.1) is 0 Å². The number of fused-ring (bicyclic) bond motifs is 1. The van der Waals surface area contributed by atoms with Crippen LogP contribution < -0.4 is 5.32 Å². The number of halogens is 1. The first-order valence-corrected chi connectivity index (χ1v) is 5.67. The summed E-state index contributed by atoms with van der Waals surface area (Å²) < 4.78 is 5.13. The third-order valence-electron chi connectivity index (χ3n) is 2.92. The van der Waals surface area contributed by atoms with Crippen LogP contribution in [0, 0.1) is 0 Å². The molecule has 1 aromatic carbocycles. The van der Waals surface area contributed by atoms with Crippen LogP contribution in [0.15, 0.2) is 18.2 Å². The summed E-state index contributed by atoms with van der Waals surface area (Å²) in [5.41, 5.74) is 2.75. The Balaban J connectivity index is 2.18. The predicted molar refractivity (Wildman–Crippen MR) is 62.4 cm³/mol. The van der Waals surface area contributed by atoms with Gasteiger partial charge < -0.3 is 10.1 Å². The van der Waals surface area contributed by atoms with Crippen LogP contribution in [0.3, 0.4) is 0 Å². The summed E-state index contributed by atoms with van der Waals surface area (Å²) in [5.74, 6) is 0.561. The molecule has 0 aliphatic carbocycles. The second-order valence-corrected chi connectivity index (χ2v) is 4.39. The molecule has 2 nitrogen and oxygen atoms in total. The smallest absolute Gasteiger partial charge is 0.0468 e. The molecule has 0 bridgehead atoms. The normalized spacial score (nSPS) is 20.0. The van der Waals surface area contributed by atoms with Gasteiger partial charge in [0, 0.05) is 31.8 Å². The second kappa shape index (κ2) is 4.97. The van der Waals surface area contributed by atoms with E-state index in [2.05, 4.69) is 17.4 Å². The minimum Gasteiger partial charge on any atom is -0.385 e. The van der Waals surface area contributed by atoms with Gasteiger partial charge in [-0.05, 0) is 35.6 Å². The van der Waals surface area contributed by atoms with Gasteiger partial charge in [0.25, 0.3) is 0 Å². The van der Waals surface area contributed by atoms with Crippen LogP contribution in [-0.2, 0) is 11.3 Å². The zero-order valence-electron chi connectivity index (χ0n) is 8.92. The van der Waals surface area contributed by atoms with E-state index in [9.17, 15) is 0 Å². The SMILES string of the molecule is COCCC1CNCc2cc(Cl)ccc21. The van der Waals surface area contributed by atoms with Crippen molar-refractivity contribution in [3.05, 3.63) is 34.3 Å². The van der Waals surface area contributed by atoms with Crippen molar-refractivity contribution in [3.8, 4) is 0 Å². The first-order chi connectivity index (χ1) is 7.31. The lowest BCUT2D eigenvalue weighted by molar-refractivity contribution is 0.186. The fourth-order valence-electron chi connectivity index (χ4n) is 2.13. The molecular formula is C12H16ClNO. The molecule has 0 amide bonds. The minimum atomic E-state index is 0.561. The highest BCUT2D eigenvalue weighted by molar-refractivity contribution is 6.30. The van der Waals surface area contributed by atoms with Gasteiger partial charge in [0.05, 0.1) is 0 Å². The standard InChI is InChI=1S/C12H16ClNO/c1-15-5-4-9-7-14-8-10-6-11(13)2-3-12(9)10/h2-3,6,9,14H,4-5,7-8H2,1H3. The highest BCUT2D eigenvalue weighted by Gasteiger charge is 2.19. The van der Waals surface area contributed by atoms with Gasteiger partial charge >= 0.3 is 0 Å². The van der Waals surface area contributed by atoms with Crippen molar-refractivity contribution in [2.75, 3.05) is 20.3 Å². The van der Waals surface area contributed by atoms with Crippen molar-refractivity contribution in [1.82, 2.24) is 5.32 Å². The van der Waals surface area contributed by atoms with E-state index in [0.717, 1.165) is 31.1 Å². The lowest BCUT2D eigenvalue weighted by Gasteiger charge is -2.26. The minimum absolute atomic E-state index is 0.561. The number of ether oxygens (including phenoxy) is 1. The van der Waals surface area contributed by atoms with Crippen LogP contribution in [-0.4, -0.2) is 20.3 Å². The third-order valence-corrected chi connectivity index (χ3v) is 3.16. The molecule has 82 valence electrons. The van der Waals surface area contributed by atoms with Gasteiger partial charge in [0.1, 0.15) is 0 Å². The average Bonchev–Trinajstić information content (AvgIpc) is 2.25.